The molecule has 1 aromatic carbocycles. The van der Waals surface area contributed by atoms with Crippen LogP contribution >= 0.6 is 15.9 Å². The van der Waals surface area contributed by atoms with Crippen molar-refractivity contribution in [3.05, 3.63) is 34.3 Å². The molecule has 2 N–H and O–H groups in total. The normalized spacial score (nSPS) is 16.1. The molecule has 1 fully saturated rings. The molecule has 5 heteroatoms. The van der Waals surface area contributed by atoms with Gasteiger partial charge in [0, 0.05) is 17.4 Å². The first kappa shape index (κ1) is 15.5. The smallest absolute Gasteiger partial charge is 0.222 e. The number of hydrogen-bond donors (Lipinski definition) is 2. The molecule has 20 heavy (non-hydrogen) atoms. The van der Waals surface area contributed by atoms with Crippen molar-refractivity contribution in [1.29, 1.82) is 0 Å². The highest BCUT2D eigenvalue weighted by molar-refractivity contribution is 9.10. The van der Waals surface area contributed by atoms with E-state index in [1.165, 1.54) is 0 Å². The summed E-state index contributed by atoms with van der Waals surface area (Å²) < 4.78 is 6.76. The number of benzene rings is 1. The number of carbonyl (C=O) groups excluding carboxylic acids is 1. The molecular formula is C15H21BrN2O2. The molecule has 0 atom stereocenters. The molecule has 0 unspecified atom stereocenters. The van der Waals surface area contributed by atoms with Gasteiger partial charge >= 0.3 is 0 Å². The Hall–Kier alpha value is -0.910. The number of carbonyl (C=O) groups is 1. The molecule has 1 saturated heterocycles. The van der Waals surface area contributed by atoms with E-state index in [-0.39, 0.29) is 5.91 Å². The molecule has 0 radical (unpaired) electrons. The zero-order chi connectivity index (χ0) is 14.2. The maximum Gasteiger partial charge on any atom is 0.222 e. The van der Waals surface area contributed by atoms with Gasteiger partial charge in [-0.3, -0.25) is 4.79 Å². The van der Waals surface area contributed by atoms with Crippen molar-refractivity contribution >= 4 is 21.8 Å². The van der Waals surface area contributed by atoms with Gasteiger partial charge in [0.25, 0.3) is 0 Å². The lowest BCUT2D eigenvalue weighted by Gasteiger charge is -2.22. The standard InChI is InChI=1S/C15H21BrN2O2/c16-13-3-1-12(2-4-13)11-18-15(19)7-10-20-14-5-8-17-9-6-14/h1-4,14,17H,5-11H2,(H,18,19). The SMILES string of the molecule is O=C(CCOC1CCNCC1)NCc1ccc(Br)cc1. The minimum absolute atomic E-state index is 0.0434. The van der Waals surface area contributed by atoms with Gasteiger partial charge < -0.3 is 15.4 Å². The quantitative estimate of drug-likeness (QED) is 0.834. The van der Waals surface area contributed by atoms with Crippen LogP contribution in [-0.2, 0) is 16.1 Å². The lowest BCUT2D eigenvalue weighted by atomic mass is 10.1. The summed E-state index contributed by atoms with van der Waals surface area (Å²) in [5.74, 6) is 0.0434. The maximum atomic E-state index is 11.7. The Labute approximate surface area is 128 Å². The van der Waals surface area contributed by atoms with E-state index in [2.05, 4.69) is 26.6 Å². The first-order valence-electron chi connectivity index (χ1n) is 7.07. The van der Waals surface area contributed by atoms with Crippen molar-refractivity contribution in [2.75, 3.05) is 19.7 Å². The predicted octanol–water partition coefficient (Wildman–Crippen LogP) is 2.22. The van der Waals surface area contributed by atoms with Crippen LogP contribution in [0.4, 0.5) is 0 Å². The van der Waals surface area contributed by atoms with Crippen LogP contribution in [0.5, 0.6) is 0 Å². The molecule has 1 aromatic rings. The van der Waals surface area contributed by atoms with Gasteiger partial charge in [0.05, 0.1) is 12.7 Å². The van der Waals surface area contributed by atoms with Crippen LogP contribution in [0.25, 0.3) is 0 Å². The van der Waals surface area contributed by atoms with E-state index in [0.717, 1.165) is 36.0 Å². The molecule has 0 bridgehead atoms. The number of nitrogens with one attached hydrogen (secondary N) is 2. The minimum atomic E-state index is 0.0434. The van der Waals surface area contributed by atoms with E-state index in [1.54, 1.807) is 0 Å². The topological polar surface area (TPSA) is 50.4 Å². The second-order valence-corrected chi connectivity index (χ2v) is 5.89. The monoisotopic (exact) mass is 340 g/mol. The zero-order valence-electron chi connectivity index (χ0n) is 11.5. The Morgan fingerprint density at radius 3 is 2.70 bits per heavy atom. The first-order chi connectivity index (χ1) is 9.74. The van der Waals surface area contributed by atoms with Gasteiger partial charge in [0.2, 0.25) is 5.91 Å². The molecule has 110 valence electrons. The van der Waals surface area contributed by atoms with Crippen molar-refractivity contribution in [2.24, 2.45) is 0 Å². The third-order valence-electron chi connectivity index (χ3n) is 3.37. The highest BCUT2D eigenvalue weighted by atomic mass is 79.9. The van der Waals surface area contributed by atoms with Gasteiger partial charge in [-0.15, -0.1) is 0 Å². The molecule has 1 amide bonds. The molecular weight excluding hydrogens is 320 g/mol. The summed E-state index contributed by atoms with van der Waals surface area (Å²) >= 11 is 3.39. The zero-order valence-corrected chi connectivity index (χ0v) is 13.1. The Kier molecular flexibility index (Phi) is 6.50. The average molecular weight is 341 g/mol. The third kappa shape index (κ3) is 5.61. The lowest BCUT2D eigenvalue weighted by molar-refractivity contribution is -0.122. The van der Waals surface area contributed by atoms with Gasteiger partial charge in [0.1, 0.15) is 0 Å². The van der Waals surface area contributed by atoms with Crippen LogP contribution in [0.15, 0.2) is 28.7 Å². The predicted molar refractivity (Wildman–Crippen MR) is 82.4 cm³/mol. The number of piperidine rings is 1. The second-order valence-electron chi connectivity index (χ2n) is 4.97. The number of hydrogen-bond acceptors (Lipinski definition) is 3. The third-order valence-corrected chi connectivity index (χ3v) is 3.90. The molecule has 1 aliphatic rings. The van der Waals surface area contributed by atoms with E-state index >= 15 is 0 Å². The van der Waals surface area contributed by atoms with Gasteiger partial charge in [-0.2, -0.15) is 0 Å². The highest BCUT2D eigenvalue weighted by Gasteiger charge is 2.13. The Bertz CT molecular complexity index is 416. The molecule has 0 aromatic heterocycles. The van der Waals surface area contributed by atoms with Crippen LogP contribution in [0.1, 0.15) is 24.8 Å². The molecule has 0 aliphatic carbocycles. The highest BCUT2D eigenvalue weighted by Crippen LogP contribution is 2.10. The maximum absolute atomic E-state index is 11.7. The number of amides is 1. The molecule has 0 spiro atoms. The van der Waals surface area contributed by atoms with Gasteiger partial charge in [-0.05, 0) is 43.6 Å². The van der Waals surface area contributed by atoms with Crippen molar-refractivity contribution in [3.8, 4) is 0 Å². The Morgan fingerprint density at radius 1 is 1.30 bits per heavy atom. The van der Waals surface area contributed by atoms with Crippen LogP contribution in [-0.4, -0.2) is 31.7 Å². The number of rotatable bonds is 6. The molecule has 4 nitrogen and oxygen atoms in total. The van der Waals surface area contributed by atoms with Crippen LogP contribution in [0, 0.1) is 0 Å². The van der Waals surface area contributed by atoms with Crippen molar-refractivity contribution in [2.45, 2.75) is 31.9 Å². The molecule has 0 saturated carbocycles. The minimum Gasteiger partial charge on any atom is -0.378 e. The summed E-state index contributed by atoms with van der Waals surface area (Å²) in [6.45, 7) is 3.11. The fourth-order valence-corrected chi connectivity index (χ4v) is 2.44. The van der Waals surface area contributed by atoms with E-state index in [9.17, 15) is 4.79 Å². The Balaban J connectivity index is 1.59. The summed E-state index contributed by atoms with van der Waals surface area (Å²) in [4.78, 5) is 11.7. The van der Waals surface area contributed by atoms with Gasteiger partial charge in [0.15, 0.2) is 0 Å². The lowest BCUT2D eigenvalue weighted by Crippen LogP contribution is -2.33. The fraction of sp³-hybridized carbons (Fsp3) is 0.533. The average Bonchev–Trinajstić information content (AvgIpc) is 2.48. The van der Waals surface area contributed by atoms with E-state index in [1.807, 2.05) is 24.3 Å². The number of halogens is 1. The summed E-state index contributed by atoms with van der Waals surface area (Å²) in [6, 6.07) is 7.94. The first-order valence-corrected chi connectivity index (χ1v) is 7.87. The van der Waals surface area contributed by atoms with Crippen LogP contribution in [0.2, 0.25) is 0 Å². The van der Waals surface area contributed by atoms with E-state index in [0.29, 0.717) is 25.7 Å². The van der Waals surface area contributed by atoms with Crippen LogP contribution in [0.3, 0.4) is 0 Å². The van der Waals surface area contributed by atoms with Crippen LogP contribution < -0.4 is 10.6 Å². The fourth-order valence-electron chi connectivity index (χ4n) is 2.17. The molecule has 2 rings (SSSR count). The summed E-state index contributed by atoms with van der Waals surface area (Å²) in [5.41, 5.74) is 1.10. The largest absolute Gasteiger partial charge is 0.378 e. The Morgan fingerprint density at radius 2 is 2.00 bits per heavy atom. The second kappa shape index (κ2) is 8.39. The van der Waals surface area contributed by atoms with Crippen molar-refractivity contribution in [3.63, 3.8) is 0 Å². The summed E-state index contributed by atoms with van der Waals surface area (Å²) in [6.07, 6.45) is 2.83. The van der Waals surface area contributed by atoms with E-state index in [4.69, 9.17) is 4.74 Å². The van der Waals surface area contributed by atoms with Crippen molar-refractivity contribution < 1.29 is 9.53 Å². The number of ether oxygens (including phenoxy) is 1. The van der Waals surface area contributed by atoms with Gasteiger partial charge in [-0.1, -0.05) is 28.1 Å². The summed E-state index contributed by atoms with van der Waals surface area (Å²) in [5, 5.41) is 6.20. The van der Waals surface area contributed by atoms with Gasteiger partial charge in [-0.25, -0.2) is 0 Å². The van der Waals surface area contributed by atoms with E-state index < -0.39 is 0 Å². The summed E-state index contributed by atoms with van der Waals surface area (Å²) in [7, 11) is 0. The van der Waals surface area contributed by atoms with Crippen molar-refractivity contribution in [1.82, 2.24) is 10.6 Å². The molecule has 1 aliphatic heterocycles. The molecule has 1 heterocycles.